The zero-order valence-electron chi connectivity index (χ0n) is 7.94. The van der Waals surface area contributed by atoms with Crippen LogP contribution in [0, 0.1) is 0 Å². The molecule has 0 aliphatic heterocycles. The van der Waals surface area contributed by atoms with Crippen LogP contribution in [-0.2, 0) is 6.54 Å². The summed E-state index contributed by atoms with van der Waals surface area (Å²) in [4.78, 5) is 10.3. The zero-order chi connectivity index (χ0) is 10.2. The lowest BCUT2D eigenvalue weighted by Crippen LogP contribution is -2.36. The van der Waals surface area contributed by atoms with Crippen LogP contribution in [0.2, 0.25) is 0 Å². The van der Waals surface area contributed by atoms with E-state index < -0.39 is 6.03 Å². The minimum absolute atomic E-state index is 0.487. The van der Waals surface area contributed by atoms with Crippen molar-refractivity contribution in [2.45, 2.75) is 6.54 Å². The van der Waals surface area contributed by atoms with Gasteiger partial charge in [-0.3, -0.25) is 4.68 Å². The van der Waals surface area contributed by atoms with Gasteiger partial charge in [-0.05, 0) is 6.07 Å². The lowest BCUT2D eigenvalue weighted by Gasteiger charge is -2.04. The fraction of sp³-hybridized carbons (Fsp3) is 0.500. The number of rotatable bonds is 6. The Balaban J connectivity index is 1.92. The van der Waals surface area contributed by atoms with Gasteiger partial charge in [0, 0.05) is 32.0 Å². The maximum atomic E-state index is 10.3. The number of carbonyl (C=O) groups is 1. The first-order valence-corrected chi connectivity index (χ1v) is 4.50. The van der Waals surface area contributed by atoms with Crippen LogP contribution in [0.4, 0.5) is 4.79 Å². The van der Waals surface area contributed by atoms with Gasteiger partial charge in [0.15, 0.2) is 0 Å². The van der Waals surface area contributed by atoms with Crippen molar-refractivity contribution in [1.29, 1.82) is 0 Å². The van der Waals surface area contributed by atoms with Crippen molar-refractivity contribution in [2.75, 3.05) is 19.6 Å². The molecule has 78 valence electrons. The van der Waals surface area contributed by atoms with Gasteiger partial charge in [0.2, 0.25) is 0 Å². The third-order valence-electron chi connectivity index (χ3n) is 1.68. The standard InChI is InChI=1S/C8H15N5O/c9-8(14)11-4-3-10-5-7-13-6-1-2-12-13/h1-2,6,10H,3-5,7H2,(H3,9,11,14). The van der Waals surface area contributed by atoms with Crippen LogP contribution >= 0.6 is 0 Å². The summed E-state index contributed by atoms with van der Waals surface area (Å²) in [5.74, 6) is 0. The summed E-state index contributed by atoms with van der Waals surface area (Å²) in [6.45, 7) is 2.91. The molecule has 14 heavy (non-hydrogen) atoms. The first-order valence-electron chi connectivity index (χ1n) is 4.50. The van der Waals surface area contributed by atoms with E-state index in [2.05, 4.69) is 15.7 Å². The Kier molecular flexibility index (Phi) is 4.49. The maximum absolute atomic E-state index is 10.3. The molecule has 1 aromatic rings. The van der Waals surface area contributed by atoms with Gasteiger partial charge in [0.05, 0.1) is 6.54 Å². The van der Waals surface area contributed by atoms with Crippen molar-refractivity contribution in [1.82, 2.24) is 20.4 Å². The number of aromatic nitrogens is 2. The molecule has 0 radical (unpaired) electrons. The molecule has 0 aromatic carbocycles. The monoisotopic (exact) mass is 197 g/mol. The lowest BCUT2D eigenvalue weighted by molar-refractivity contribution is 0.249. The molecule has 6 heteroatoms. The largest absolute Gasteiger partial charge is 0.352 e. The minimum atomic E-state index is -0.487. The molecule has 1 rings (SSSR count). The minimum Gasteiger partial charge on any atom is -0.352 e. The topological polar surface area (TPSA) is 85.0 Å². The number of nitrogens with one attached hydrogen (secondary N) is 2. The van der Waals surface area contributed by atoms with Gasteiger partial charge in [0.1, 0.15) is 0 Å². The Bertz CT molecular complexity index is 259. The molecular formula is C8H15N5O. The number of amides is 2. The van der Waals surface area contributed by atoms with Gasteiger partial charge in [0.25, 0.3) is 0 Å². The summed E-state index contributed by atoms with van der Waals surface area (Å²) < 4.78 is 1.84. The molecule has 1 heterocycles. The fourth-order valence-electron chi connectivity index (χ4n) is 1.03. The molecule has 0 unspecified atom stereocenters. The summed E-state index contributed by atoms with van der Waals surface area (Å²) in [6.07, 6.45) is 3.65. The molecular weight excluding hydrogens is 182 g/mol. The van der Waals surface area contributed by atoms with Gasteiger partial charge in [-0.15, -0.1) is 0 Å². The molecule has 0 atom stereocenters. The second-order valence-corrected chi connectivity index (χ2v) is 2.81. The SMILES string of the molecule is NC(=O)NCCNCCn1cccn1. The quantitative estimate of drug-likeness (QED) is 0.519. The third kappa shape index (κ3) is 4.46. The average Bonchev–Trinajstić information content (AvgIpc) is 2.63. The normalized spacial score (nSPS) is 10.0. The van der Waals surface area contributed by atoms with E-state index in [1.165, 1.54) is 0 Å². The molecule has 2 amide bonds. The lowest BCUT2D eigenvalue weighted by atomic mass is 10.5. The molecule has 0 bridgehead atoms. The first kappa shape index (κ1) is 10.5. The van der Waals surface area contributed by atoms with Crippen LogP contribution in [0.25, 0.3) is 0 Å². The van der Waals surface area contributed by atoms with E-state index >= 15 is 0 Å². The van der Waals surface area contributed by atoms with Gasteiger partial charge >= 0.3 is 6.03 Å². The number of hydrogen-bond donors (Lipinski definition) is 3. The van der Waals surface area contributed by atoms with Crippen molar-refractivity contribution in [3.05, 3.63) is 18.5 Å². The number of carbonyl (C=O) groups excluding carboxylic acids is 1. The summed E-state index contributed by atoms with van der Waals surface area (Å²) in [6, 6.07) is 1.40. The third-order valence-corrected chi connectivity index (χ3v) is 1.68. The molecule has 0 saturated heterocycles. The van der Waals surface area contributed by atoms with Crippen LogP contribution in [-0.4, -0.2) is 35.4 Å². The number of hydrogen-bond acceptors (Lipinski definition) is 3. The summed E-state index contributed by atoms with van der Waals surface area (Å²) in [7, 11) is 0. The number of nitrogens with two attached hydrogens (primary N) is 1. The van der Waals surface area contributed by atoms with Gasteiger partial charge in [-0.1, -0.05) is 0 Å². The smallest absolute Gasteiger partial charge is 0.312 e. The van der Waals surface area contributed by atoms with Gasteiger partial charge < -0.3 is 16.4 Å². The van der Waals surface area contributed by atoms with E-state index in [0.717, 1.165) is 13.1 Å². The van der Waals surface area contributed by atoms with Crippen molar-refractivity contribution in [2.24, 2.45) is 5.73 Å². The molecule has 6 nitrogen and oxygen atoms in total. The van der Waals surface area contributed by atoms with Gasteiger partial charge in [-0.2, -0.15) is 5.10 Å². The van der Waals surface area contributed by atoms with E-state index in [0.29, 0.717) is 13.1 Å². The van der Waals surface area contributed by atoms with Gasteiger partial charge in [-0.25, -0.2) is 4.79 Å². The predicted octanol–water partition coefficient (Wildman–Crippen LogP) is -0.859. The van der Waals surface area contributed by atoms with Crippen molar-refractivity contribution in [3.63, 3.8) is 0 Å². The average molecular weight is 197 g/mol. The Hall–Kier alpha value is -1.56. The van der Waals surface area contributed by atoms with E-state index in [-0.39, 0.29) is 0 Å². The molecule has 0 spiro atoms. The number of primary amides is 1. The fourth-order valence-corrected chi connectivity index (χ4v) is 1.03. The van der Waals surface area contributed by atoms with Crippen LogP contribution in [0.1, 0.15) is 0 Å². The van der Waals surface area contributed by atoms with Crippen molar-refractivity contribution in [3.8, 4) is 0 Å². The van der Waals surface area contributed by atoms with E-state index in [1.54, 1.807) is 6.20 Å². The molecule has 1 aromatic heterocycles. The van der Waals surface area contributed by atoms with Crippen molar-refractivity contribution < 1.29 is 4.79 Å². The Morgan fingerprint density at radius 1 is 1.43 bits per heavy atom. The first-order chi connectivity index (χ1) is 6.79. The number of nitrogens with zero attached hydrogens (tertiary/aromatic N) is 2. The highest BCUT2D eigenvalue weighted by atomic mass is 16.2. The summed E-state index contributed by atoms with van der Waals surface area (Å²) >= 11 is 0. The number of urea groups is 1. The Labute approximate surface area is 82.5 Å². The highest BCUT2D eigenvalue weighted by Gasteiger charge is 1.91. The van der Waals surface area contributed by atoms with Crippen LogP contribution in [0.5, 0.6) is 0 Å². The van der Waals surface area contributed by atoms with E-state index in [1.807, 2.05) is 16.9 Å². The predicted molar refractivity (Wildman–Crippen MR) is 52.7 cm³/mol. The molecule has 4 N–H and O–H groups in total. The molecule has 0 aliphatic rings. The Morgan fingerprint density at radius 2 is 2.29 bits per heavy atom. The second kappa shape index (κ2) is 5.98. The van der Waals surface area contributed by atoms with E-state index in [9.17, 15) is 4.79 Å². The molecule has 0 saturated carbocycles. The molecule has 0 fully saturated rings. The summed E-state index contributed by atoms with van der Waals surface area (Å²) in [5.41, 5.74) is 4.89. The highest BCUT2D eigenvalue weighted by Crippen LogP contribution is 1.81. The molecule has 0 aliphatic carbocycles. The summed E-state index contributed by atoms with van der Waals surface area (Å²) in [5, 5.41) is 9.69. The highest BCUT2D eigenvalue weighted by molar-refractivity contribution is 5.71. The van der Waals surface area contributed by atoms with Crippen molar-refractivity contribution >= 4 is 6.03 Å². The van der Waals surface area contributed by atoms with Crippen LogP contribution in [0.15, 0.2) is 18.5 Å². The zero-order valence-corrected chi connectivity index (χ0v) is 7.94. The maximum Gasteiger partial charge on any atom is 0.312 e. The Morgan fingerprint density at radius 3 is 2.93 bits per heavy atom. The van der Waals surface area contributed by atoms with E-state index in [4.69, 9.17) is 5.73 Å². The van der Waals surface area contributed by atoms with Crippen LogP contribution in [0.3, 0.4) is 0 Å². The second-order valence-electron chi connectivity index (χ2n) is 2.81. The van der Waals surface area contributed by atoms with Crippen LogP contribution < -0.4 is 16.4 Å².